The van der Waals surface area contributed by atoms with Crippen LogP contribution in [0.5, 0.6) is 0 Å². The summed E-state index contributed by atoms with van der Waals surface area (Å²) in [6.07, 6.45) is 4.93. The molecule has 0 atom stereocenters. The first kappa shape index (κ1) is 23.0. The van der Waals surface area contributed by atoms with Crippen molar-refractivity contribution >= 4 is 44.9 Å². The van der Waals surface area contributed by atoms with E-state index in [1.807, 2.05) is 49.7 Å². The normalized spacial score (nSPS) is 11.9. The first-order valence-electron chi connectivity index (χ1n) is 11.6. The Morgan fingerprint density at radius 2 is 1.92 bits per heavy atom. The molecular formula is C27H22FN7OS. The highest BCUT2D eigenvalue weighted by Crippen LogP contribution is 2.34. The van der Waals surface area contributed by atoms with Gasteiger partial charge in [0.1, 0.15) is 16.7 Å². The van der Waals surface area contributed by atoms with Crippen LogP contribution in [0, 0.1) is 11.2 Å². The predicted octanol–water partition coefficient (Wildman–Crippen LogP) is 6.42. The van der Waals surface area contributed by atoms with Crippen molar-refractivity contribution in [3.05, 3.63) is 65.5 Å². The molecule has 0 aliphatic rings. The lowest BCUT2D eigenvalue weighted by Crippen LogP contribution is -2.27. The fourth-order valence-corrected chi connectivity index (χ4v) is 4.71. The van der Waals surface area contributed by atoms with Crippen LogP contribution >= 0.6 is 11.3 Å². The Labute approximate surface area is 215 Å². The van der Waals surface area contributed by atoms with Crippen LogP contribution in [-0.4, -0.2) is 36.0 Å². The highest BCUT2D eigenvalue weighted by Gasteiger charge is 2.22. The predicted molar refractivity (Wildman–Crippen MR) is 144 cm³/mol. The minimum absolute atomic E-state index is 0.133. The van der Waals surface area contributed by atoms with E-state index in [9.17, 15) is 4.79 Å². The van der Waals surface area contributed by atoms with Crippen molar-refractivity contribution in [2.24, 2.45) is 5.41 Å². The average Bonchev–Trinajstić information content (AvgIpc) is 3.62. The second-order valence-corrected chi connectivity index (χ2v) is 10.6. The lowest BCUT2D eigenvalue weighted by atomic mass is 9.95. The molecule has 37 heavy (non-hydrogen) atoms. The second kappa shape index (κ2) is 8.59. The third kappa shape index (κ3) is 4.15. The highest BCUT2D eigenvalue weighted by molar-refractivity contribution is 7.08. The Hall–Kier alpha value is -4.44. The molecule has 6 rings (SSSR count). The zero-order chi connectivity index (χ0) is 25.7. The number of hydrogen-bond donors (Lipinski definition) is 3. The molecule has 0 unspecified atom stereocenters. The van der Waals surface area contributed by atoms with Gasteiger partial charge < -0.3 is 10.3 Å². The number of anilines is 1. The molecule has 5 heterocycles. The van der Waals surface area contributed by atoms with Crippen molar-refractivity contribution in [3.8, 4) is 33.9 Å². The third-order valence-corrected chi connectivity index (χ3v) is 6.74. The molecule has 3 N–H and O–H groups in total. The number of halogens is 1. The number of H-pyrrole nitrogens is 2. The van der Waals surface area contributed by atoms with Gasteiger partial charge in [-0.1, -0.05) is 20.8 Å². The summed E-state index contributed by atoms with van der Waals surface area (Å²) in [4.78, 5) is 29.3. The van der Waals surface area contributed by atoms with Gasteiger partial charge in [-0.2, -0.15) is 16.4 Å². The van der Waals surface area contributed by atoms with E-state index >= 15 is 4.39 Å². The summed E-state index contributed by atoms with van der Waals surface area (Å²) in [6, 6.07) is 8.89. The molecule has 1 amide bonds. The molecule has 6 aromatic rings. The van der Waals surface area contributed by atoms with Crippen molar-refractivity contribution in [2.75, 3.05) is 5.32 Å². The highest BCUT2D eigenvalue weighted by atomic mass is 32.1. The molecule has 0 spiro atoms. The Morgan fingerprint density at radius 1 is 1.05 bits per heavy atom. The maximum atomic E-state index is 15.2. The fourth-order valence-electron chi connectivity index (χ4n) is 4.07. The standard InChI is InChI=1S/C27H22FN7OS/c1-27(2,3)26(36)31-17-8-16(11-29-12-17)15-9-18-22(19(28)10-15)34-35-23(18)25-32-20-4-6-30-21(24(20)33-25)14-5-7-37-13-14/h4-13H,1-3H3,(H,31,36)(H,32,33)(H,34,35). The molecule has 0 saturated carbocycles. The number of benzene rings is 1. The van der Waals surface area contributed by atoms with Crippen LogP contribution < -0.4 is 5.32 Å². The minimum Gasteiger partial charge on any atom is -0.337 e. The van der Waals surface area contributed by atoms with Crippen molar-refractivity contribution < 1.29 is 9.18 Å². The Kier molecular flexibility index (Phi) is 5.34. The summed E-state index contributed by atoms with van der Waals surface area (Å²) in [5.74, 6) is -0.0786. The number of nitrogens with zero attached hydrogens (tertiary/aromatic N) is 4. The largest absolute Gasteiger partial charge is 0.337 e. The molecule has 10 heteroatoms. The van der Waals surface area contributed by atoms with Crippen molar-refractivity contribution in [1.29, 1.82) is 0 Å². The van der Waals surface area contributed by atoms with Gasteiger partial charge in [-0.05, 0) is 41.3 Å². The third-order valence-electron chi connectivity index (χ3n) is 6.06. The topological polar surface area (TPSA) is 112 Å². The maximum absolute atomic E-state index is 15.2. The molecule has 0 aliphatic heterocycles. The molecular weight excluding hydrogens is 489 g/mol. The monoisotopic (exact) mass is 511 g/mol. The zero-order valence-electron chi connectivity index (χ0n) is 20.3. The van der Waals surface area contributed by atoms with Crippen molar-refractivity contribution in [3.63, 3.8) is 0 Å². The van der Waals surface area contributed by atoms with E-state index in [1.54, 1.807) is 36.0 Å². The van der Waals surface area contributed by atoms with Gasteiger partial charge in [-0.25, -0.2) is 9.37 Å². The van der Waals surface area contributed by atoms with Crippen LogP contribution in [0.15, 0.2) is 59.7 Å². The Morgan fingerprint density at radius 3 is 2.70 bits per heavy atom. The maximum Gasteiger partial charge on any atom is 0.229 e. The quantitative estimate of drug-likeness (QED) is 0.253. The van der Waals surface area contributed by atoms with Crippen molar-refractivity contribution in [2.45, 2.75) is 20.8 Å². The van der Waals surface area contributed by atoms with E-state index in [-0.39, 0.29) is 11.4 Å². The van der Waals surface area contributed by atoms with Gasteiger partial charge in [0.05, 0.1) is 23.1 Å². The van der Waals surface area contributed by atoms with Crippen molar-refractivity contribution in [1.82, 2.24) is 30.1 Å². The van der Waals surface area contributed by atoms with Crippen LogP contribution in [0.1, 0.15) is 20.8 Å². The molecule has 1 aromatic carbocycles. The molecule has 0 fully saturated rings. The summed E-state index contributed by atoms with van der Waals surface area (Å²) in [5, 5.41) is 14.6. The molecule has 0 bridgehead atoms. The number of carbonyl (C=O) groups is 1. The zero-order valence-corrected chi connectivity index (χ0v) is 21.1. The van der Waals surface area contributed by atoms with E-state index in [2.05, 4.69) is 30.5 Å². The Balaban J connectivity index is 1.43. The number of rotatable bonds is 4. The van der Waals surface area contributed by atoms with E-state index in [0.29, 0.717) is 33.7 Å². The number of hydrogen-bond acceptors (Lipinski definition) is 6. The van der Waals surface area contributed by atoms with Gasteiger partial charge >= 0.3 is 0 Å². The molecule has 184 valence electrons. The second-order valence-electron chi connectivity index (χ2n) is 9.77. The molecule has 0 saturated heterocycles. The number of pyridine rings is 2. The van der Waals surface area contributed by atoms with E-state index in [1.165, 1.54) is 6.07 Å². The number of imidazole rings is 1. The summed E-state index contributed by atoms with van der Waals surface area (Å²) in [7, 11) is 0. The van der Waals surface area contributed by atoms with Gasteiger partial charge in [-0.3, -0.25) is 19.9 Å². The van der Waals surface area contributed by atoms with Gasteiger partial charge in [0, 0.05) is 39.7 Å². The van der Waals surface area contributed by atoms with E-state index < -0.39 is 11.2 Å². The number of aromatic nitrogens is 6. The van der Waals surface area contributed by atoms with E-state index in [0.717, 1.165) is 22.3 Å². The molecule has 0 radical (unpaired) electrons. The van der Waals surface area contributed by atoms with Gasteiger partial charge in [-0.15, -0.1) is 0 Å². The number of aromatic amines is 2. The number of fused-ring (bicyclic) bond motifs is 2. The summed E-state index contributed by atoms with van der Waals surface area (Å²) >= 11 is 1.59. The number of carbonyl (C=O) groups excluding carboxylic acids is 1. The lowest BCUT2D eigenvalue weighted by molar-refractivity contribution is -0.123. The van der Waals surface area contributed by atoms with Gasteiger partial charge in [0.15, 0.2) is 11.6 Å². The first-order valence-corrected chi connectivity index (χ1v) is 12.5. The lowest BCUT2D eigenvalue weighted by Gasteiger charge is -2.17. The Bertz CT molecular complexity index is 1780. The summed E-state index contributed by atoms with van der Waals surface area (Å²) in [5.41, 5.74) is 5.32. The number of thiophene rings is 1. The van der Waals surface area contributed by atoms with Crippen LogP contribution in [0.25, 0.3) is 55.8 Å². The number of amides is 1. The fraction of sp³-hybridized carbons (Fsp3) is 0.148. The number of nitrogens with one attached hydrogen (secondary N) is 3. The van der Waals surface area contributed by atoms with Crippen LogP contribution in [0.4, 0.5) is 10.1 Å². The minimum atomic E-state index is -0.557. The van der Waals surface area contributed by atoms with Gasteiger partial charge in [0.2, 0.25) is 5.91 Å². The first-order chi connectivity index (χ1) is 17.8. The van der Waals surface area contributed by atoms with Crippen LogP contribution in [0.3, 0.4) is 0 Å². The smallest absolute Gasteiger partial charge is 0.229 e. The molecule has 5 aromatic heterocycles. The van der Waals surface area contributed by atoms with Gasteiger partial charge in [0.25, 0.3) is 0 Å². The van der Waals surface area contributed by atoms with E-state index in [4.69, 9.17) is 4.98 Å². The summed E-state index contributed by atoms with van der Waals surface area (Å²) in [6.45, 7) is 5.50. The van der Waals surface area contributed by atoms with Crippen LogP contribution in [0.2, 0.25) is 0 Å². The molecule has 8 nitrogen and oxygen atoms in total. The average molecular weight is 512 g/mol. The molecule has 0 aliphatic carbocycles. The summed E-state index contributed by atoms with van der Waals surface area (Å²) < 4.78 is 15.2. The SMILES string of the molecule is CC(C)(C)C(=O)Nc1cncc(-c2cc(F)c3n[nH]c(-c4nc5c(-c6ccsc6)nccc5[nH]4)c3c2)c1. The van der Waals surface area contributed by atoms with Crippen LogP contribution in [-0.2, 0) is 4.79 Å².